The van der Waals surface area contributed by atoms with Gasteiger partial charge < -0.3 is 10.2 Å². The van der Waals surface area contributed by atoms with Crippen LogP contribution in [0.1, 0.15) is 20.8 Å². The highest BCUT2D eigenvalue weighted by Crippen LogP contribution is 2.41. The highest BCUT2D eigenvalue weighted by atomic mass is 79.9. The van der Waals surface area contributed by atoms with Crippen LogP contribution in [0.25, 0.3) is 10.2 Å². The molecule has 0 aliphatic heterocycles. The van der Waals surface area contributed by atoms with Crippen molar-refractivity contribution < 1.29 is 4.43 Å². The van der Waals surface area contributed by atoms with E-state index in [4.69, 9.17) is 10.2 Å². The molecule has 1 aromatic heterocycles. The first-order chi connectivity index (χ1) is 13.8. The number of hydrogen-bond donors (Lipinski definition) is 1. The highest BCUT2D eigenvalue weighted by molar-refractivity contribution is 9.10. The lowest BCUT2D eigenvalue weighted by molar-refractivity contribution is 0.511. The van der Waals surface area contributed by atoms with Gasteiger partial charge in [-0.1, -0.05) is 109 Å². The third-order valence-electron chi connectivity index (χ3n) is 5.12. The Morgan fingerprint density at radius 2 is 1.48 bits per heavy atom. The quantitative estimate of drug-likeness (QED) is 0.386. The SMILES string of the molecule is CC(C)(C)[Si](Oc1cc(Br)cc2sc(N)nc12)(c1ccccc1)c1ccccc1. The molecule has 0 unspecified atom stereocenters. The van der Waals surface area contributed by atoms with Gasteiger partial charge in [-0.15, -0.1) is 0 Å². The standard InChI is InChI=1S/C23H23BrN2OSSi/c1-23(2,3)29(17-10-6-4-7-11-17,18-12-8-5-9-13-18)27-19-14-16(24)15-20-21(19)26-22(25)28-20/h4-15H,1-3H3,(H2,25,26). The van der Waals surface area contributed by atoms with Crippen molar-refractivity contribution in [3.8, 4) is 5.75 Å². The number of nitrogens with two attached hydrogens (primary N) is 1. The number of benzene rings is 3. The molecule has 2 N–H and O–H groups in total. The maximum Gasteiger partial charge on any atom is 0.320 e. The van der Waals surface area contributed by atoms with E-state index in [1.807, 2.05) is 12.1 Å². The fourth-order valence-electron chi connectivity index (χ4n) is 3.88. The minimum Gasteiger partial charge on any atom is -0.532 e. The predicted molar refractivity (Wildman–Crippen MR) is 130 cm³/mol. The van der Waals surface area contributed by atoms with E-state index in [2.05, 4.69) is 102 Å². The van der Waals surface area contributed by atoms with E-state index in [1.165, 1.54) is 21.7 Å². The highest BCUT2D eigenvalue weighted by Gasteiger charge is 2.52. The van der Waals surface area contributed by atoms with Crippen molar-refractivity contribution in [2.24, 2.45) is 0 Å². The third-order valence-corrected chi connectivity index (χ3v) is 11.3. The van der Waals surface area contributed by atoms with Gasteiger partial charge >= 0.3 is 8.32 Å². The number of nitrogens with zero attached hydrogens (tertiary/aromatic N) is 1. The zero-order chi connectivity index (χ0) is 20.6. The van der Waals surface area contributed by atoms with Crippen LogP contribution in [0.5, 0.6) is 5.75 Å². The van der Waals surface area contributed by atoms with Crippen LogP contribution in [-0.4, -0.2) is 13.3 Å². The molecule has 4 rings (SSSR count). The second-order valence-corrected chi connectivity index (χ2v) is 14.3. The van der Waals surface area contributed by atoms with E-state index in [0.717, 1.165) is 20.4 Å². The number of halogens is 1. The van der Waals surface area contributed by atoms with Crippen LogP contribution in [-0.2, 0) is 0 Å². The van der Waals surface area contributed by atoms with Crippen LogP contribution in [0.4, 0.5) is 5.13 Å². The van der Waals surface area contributed by atoms with Gasteiger partial charge in [-0.2, -0.15) is 0 Å². The fourth-order valence-corrected chi connectivity index (χ4v) is 9.67. The first-order valence-electron chi connectivity index (χ1n) is 9.47. The molecule has 4 aromatic rings. The number of thiazole rings is 1. The van der Waals surface area contributed by atoms with Gasteiger partial charge in [0.1, 0.15) is 11.3 Å². The summed E-state index contributed by atoms with van der Waals surface area (Å²) >= 11 is 5.11. The molecule has 29 heavy (non-hydrogen) atoms. The lowest BCUT2D eigenvalue weighted by Gasteiger charge is -2.43. The molecule has 0 amide bonds. The zero-order valence-corrected chi connectivity index (χ0v) is 20.0. The van der Waals surface area contributed by atoms with Crippen molar-refractivity contribution in [3.63, 3.8) is 0 Å². The molecule has 0 aliphatic rings. The Morgan fingerprint density at radius 1 is 0.931 bits per heavy atom. The van der Waals surface area contributed by atoms with Crippen LogP contribution in [0.2, 0.25) is 5.04 Å². The first-order valence-corrected chi connectivity index (χ1v) is 13.0. The topological polar surface area (TPSA) is 48.1 Å². The van der Waals surface area contributed by atoms with Gasteiger partial charge in [0.25, 0.3) is 0 Å². The molecule has 0 spiro atoms. The Balaban J connectivity index is 2.02. The summed E-state index contributed by atoms with van der Waals surface area (Å²) in [4.78, 5) is 4.58. The second-order valence-electron chi connectivity index (χ2n) is 8.07. The maximum absolute atomic E-state index is 7.14. The van der Waals surface area contributed by atoms with E-state index < -0.39 is 8.32 Å². The van der Waals surface area contributed by atoms with Gasteiger partial charge in [-0.25, -0.2) is 4.98 Å². The summed E-state index contributed by atoms with van der Waals surface area (Å²) < 4.78 is 9.12. The van der Waals surface area contributed by atoms with Crippen molar-refractivity contribution in [1.82, 2.24) is 4.98 Å². The van der Waals surface area contributed by atoms with E-state index in [-0.39, 0.29) is 5.04 Å². The van der Waals surface area contributed by atoms with Crippen LogP contribution in [0.3, 0.4) is 0 Å². The van der Waals surface area contributed by atoms with Crippen molar-refractivity contribution >= 4 is 61.3 Å². The minimum atomic E-state index is -2.72. The molecule has 6 heteroatoms. The number of anilines is 1. The number of fused-ring (bicyclic) bond motifs is 1. The van der Waals surface area contributed by atoms with E-state index >= 15 is 0 Å². The molecule has 0 fully saturated rings. The smallest absolute Gasteiger partial charge is 0.320 e. The summed E-state index contributed by atoms with van der Waals surface area (Å²) in [5.74, 6) is 0.775. The van der Waals surface area contributed by atoms with Crippen molar-refractivity contribution in [2.45, 2.75) is 25.8 Å². The van der Waals surface area contributed by atoms with Gasteiger partial charge in [0.2, 0.25) is 0 Å². The molecule has 148 valence electrons. The third kappa shape index (κ3) is 3.61. The maximum atomic E-state index is 7.14. The molecule has 0 atom stereocenters. The summed E-state index contributed by atoms with van der Waals surface area (Å²) in [5, 5.41) is 2.89. The number of aromatic nitrogens is 1. The molecule has 0 bridgehead atoms. The second kappa shape index (κ2) is 7.59. The first kappa shape index (κ1) is 20.1. The van der Waals surface area contributed by atoms with Crippen molar-refractivity contribution in [1.29, 1.82) is 0 Å². The Hall–Kier alpha value is -2.15. The lowest BCUT2D eigenvalue weighted by Crippen LogP contribution is -2.68. The van der Waals surface area contributed by atoms with Gasteiger partial charge in [-0.3, -0.25) is 0 Å². The van der Waals surface area contributed by atoms with E-state index in [9.17, 15) is 0 Å². The van der Waals surface area contributed by atoms with Crippen LogP contribution in [0, 0.1) is 0 Å². The monoisotopic (exact) mass is 482 g/mol. The summed E-state index contributed by atoms with van der Waals surface area (Å²) in [6, 6.07) is 25.3. The Morgan fingerprint density at radius 3 is 2.00 bits per heavy atom. The molecular formula is C23H23BrN2OSSi. The number of rotatable bonds is 4. The summed E-state index contributed by atoms with van der Waals surface area (Å²) in [7, 11) is -2.72. The zero-order valence-electron chi connectivity index (χ0n) is 16.6. The average Bonchev–Trinajstić information content (AvgIpc) is 3.06. The lowest BCUT2D eigenvalue weighted by atomic mass is 10.2. The number of nitrogen functional groups attached to an aromatic ring is 1. The summed E-state index contributed by atoms with van der Waals surface area (Å²) in [5.41, 5.74) is 6.85. The van der Waals surface area contributed by atoms with Gasteiger partial charge in [0, 0.05) is 4.47 Å². The molecule has 0 saturated carbocycles. The molecule has 3 aromatic carbocycles. The van der Waals surface area contributed by atoms with Crippen molar-refractivity contribution in [2.75, 3.05) is 5.73 Å². The van der Waals surface area contributed by atoms with E-state index in [0.29, 0.717) is 5.13 Å². The van der Waals surface area contributed by atoms with Crippen LogP contribution in [0.15, 0.2) is 77.3 Å². The average molecular weight is 484 g/mol. The van der Waals surface area contributed by atoms with Crippen LogP contribution >= 0.6 is 27.3 Å². The van der Waals surface area contributed by atoms with Crippen molar-refractivity contribution in [3.05, 3.63) is 77.3 Å². The van der Waals surface area contributed by atoms with Gasteiger partial charge in [-0.05, 0) is 27.5 Å². The Bertz CT molecular complexity index is 1100. The Labute approximate surface area is 184 Å². The minimum absolute atomic E-state index is 0.119. The normalized spacial score (nSPS) is 12.3. The molecule has 0 radical (unpaired) electrons. The largest absolute Gasteiger partial charge is 0.532 e. The van der Waals surface area contributed by atoms with Gasteiger partial charge in [0.05, 0.1) is 4.70 Å². The summed E-state index contributed by atoms with van der Waals surface area (Å²) in [6.07, 6.45) is 0. The Kier molecular flexibility index (Phi) is 5.27. The molecular weight excluding hydrogens is 460 g/mol. The molecule has 0 saturated heterocycles. The molecule has 1 heterocycles. The fraction of sp³-hybridized carbons (Fsp3) is 0.174. The predicted octanol–water partition coefficient (Wildman–Crippen LogP) is 5.58. The number of hydrogen-bond acceptors (Lipinski definition) is 4. The van der Waals surface area contributed by atoms with E-state index in [1.54, 1.807) is 0 Å². The molecule has 0 aliphatic carbocycles. The van der Waals surface area contributed by atoms with Crippen LogP contribution < -0.4 is 20.5 Å². The summed E-state index contributed by atoms with van der Waals surface area (Å²) in [6.45, 7) is 6.80. The molecule has 3 nitrogen and oxygen atoms in total. The van der Waals surface area contributed by atoms with Gasteiger partial charge in [0.15, 0.2) is 5.13 Å².